The van der Waals surface area contributed by atoms with Gasteiger partial charge in [0.1, 0.15) is 0 Å². The fourth-order valence-corrected chi connectivity index (χ4v) is 12.4. The second-order valence-corrected chi connectivity index (χ2v) is 16.0. The molecule has 0 aliphatic heterocycles. The Morgan fingerprint density at radius 1 is 0.419 bits per heavy atom. The molecule has 0 bridgehead atoms. The van der Waals surface area contributed by atoms with Gasteiger partial charge in [-0.1, -0.05) is 110 Å². The van der Waals surface area contributed by atoms with Gasteiger partial charge in [0, 0.05) is 35.5 Å². The molecule has 188 valence electrons. The van der Waals surface area contributed by atoms with Crippen LogP contribution in [-0.4, -0.2) is 52.9 Å². The first-order chi connectivity index (χ1) is 15.1. The predicted octanol–water partition coefficient (Wildman–Crippen LogP) is 7.40. The smallest absolute Gasteiger partial charge is 0.398 e. The van der Waals surface area contributed by atoms with Gasteiger partial charge in [-0.15, -0.1) is 0 Å². The molecule has 0 amide bonds. The normalized spacial score (nSPS) is 12.6. The topological polar surface area (TPSA) is 46.2 Å². The number of hydrogen-bond acceptors (Lipinski definition) is 5. The van der Waals surface area contributed by atoms with E-state index < -0.39 is 17.4 Å². The zero-order valence-corrected chi connectivity index (χ0v) is 23.8. The van der Waals surface area contributed by atoms with Gasteiger partial charge in [0.05, 0.1) is 5.67 Å². The van der Waals surface area contributed by atoms with Crippen molar-refractivity contribution < 1.29 is 22.1 Å². The van der Waals surface area contributed by atoms with E-state index in [0.29, 0.717) is 5.67 Å². The van der Waals surface area contributed by atoms with E-state index in [9.17, 15) is 0 Å². The molecular formula is C24H54O5Si2. The van der Waals surface area contributed by atoms with E-state index in [1.807, 2.05) is 0 Å². The highest BCUT2D eigenvalue weighted by molar-refractivity contribution is 6.83. The van der Waals surface area contributed by atoms with Gasteiger partial charge in [-0.2, -0.15) is 0 Å². The Labute approximate surface area is 196 Å². The zero-order chi connectivity index (χ0) is 23.3. The molecule has 0 unspecified atom stereocenters. The third-order valence-corrected chi connectivity index (χ3v) is 14.9. The first-order valence-electron chi connectivity index (χ1n) is 12.8. The van der Waals surface area contributed by atoms with Crippen molar-refractivity contribution in [3.8, 4) is 0 Å². The average Bonchev–Trinajstić information content (AvgIpc) is 2.81. The minimum Gasteiger partial charge on any atom is -0.398 e. The molecule has 0 rings (SSSR count). The molecule has 0 saturated carbocycles. The van der Waals surface area contributed by atoms with E-state index in [4.69, 9.17) is 22.1 Å². The lowest BCUT2D eigenvalue weighted by atomic mass is 10.0. The molecule has 0 N–H and O–H groups in total. The van der Waals surface area contributed by atoms with E-state index in [0.717, 1.165) is 12.5 Å². The fourth-order valence-electron chi connectivity index (χ4n) is 4.26. The molecule has 0 aliphatic rings. The largest absolute Gasteiger partial charge is 0.502 e. The molecule has 0 radical (unpaired) electrons. The van der Waals surface area contributed by atoms with Crippen LogP contribution in [0, 0.1) is 0 Å². The highest BCUT2D eigenvalue weighted by Crippen LogP contribution is 2.28. The van der Waals surface area contributed by atoms with Gasteiger partial charge in [-0.3, -0.25) is 0 Å². The number of unbranched alkanes of at least 4 members (excludes halogenated alkanes) is 15. The van der Waals surface area contributed by atoms with Crippen LogP contribution in [-0.2, 0) is 22.1 Å². The molecule has 5 nitrogen and oxygen atoms in total. The minimum absolute atomic E-state index is 0.634. The van der Waals surface area contributed by atoms with Gasteiger partial charge in [0.15, 0.2) is 0 Å². The van der Waals surface area contributed by atoms with E-state index in [1.165, 1.54) is 96.3 Å². The third-order valence-electron chi connectivity index (χ3n) is 6.57. The summed E-state index contributed by atoms with van der Waals surface area (Å²) in [5, 5.41) is 0. The number of hydrogen-bond donors (Lipinski definition) is 0. The van der Waals surface area contributed by atoms with Crippen molar-refractivity contribution in [2.75, 3.05) is 35.5 Å². The van der Waals surface area contributed by atoms with E-state index >= 15 is 0 Å². The molecule has 0 fully saturated rings. The molecule has 0 saturated heterocycles. The van der Waals surface area contributed by atoms with Crippen molar-refractivity contribution in [3.05, 3.63) is 0 Å². The van der Waals surface area contributed by atoms with Crippen LogP contribution in [0.4, 0.5) is 0 Å². The van der Waals surface area contributed by atoms with Crippen LogP contribution in [0.15, 0.2) is 0 Å². The zero-order valence-electron chi connectivity index (χ0n) is 21.8. The summed E-state index contributed by atoms with van der Waals surface area (Å²) in [6, 6.07) is 0.962. The fraction of sp³-hybridized carbons (Fsp3) is 1.00. The Hall–Kier alpha value is 0.234. The Morgan fingerprint density at radius 3 is 1.03 bits per heavy atom. The Balaban J connectivity index is 3.75. The van der Waals surface area contributed by atoms with E-state index in [-0.39, 0.29) is 0 Å². The van der Waals surface area contributed by atoms with Crippen molar-refractivity contribution in [1.82, 2.24) is 0 Å². The van der Waals surface area contributed by atoms with Crippen LogP contribution in [0.5, 0.6) is 0 Å². The Kier molecular flexibility index (Phi) is 21.0. The molecule has 0 spiro atoms. The van der Waals surface area contributed by atoms with Gasteiger partial charge in [0.25, 0.3) is 0 Å². The summed E-state index contributed by atoms with van der Waals surface area (Å²) >= 11 is 0. The van der Waals surface area contributed by atoms with Gasteiger partial charge in [-0.05, 0) is 6.04 Å². The van der Waals surface area contributed by atoms with Gasteiger partial charge >= 0.3 is 17.4 Å². The van der Waals surface area contributed by atoms with Crippen LogP contribution in [0.25, 0.3) is 0 Å². The van der Waals surface area contributed by atoms with Gasteiger partial charge in [-0.25, -0.2) is 0 Å². The second-order valence-electron chi connectivity index (χ2n) is 8.84. The standard InChI is InChI=1S/C24H54O5Si2/c1-7-8-9-10-11-12-13-14-15-16-17-18-19-20-21-22-23-30(25-2,26-3)24-31(27-4,28-5)29-6/h7-24H2,1-6H3. The van der Waals surface area contributed by atoms with Crippen molar-refractivity contribution in [3.63, 3.8) is 0 Å². The van der Waals surface area contributed by atoms with Crippen molar-refractivity contribution in [2.24, 2.45) is 0 Å². The molecular weight excluding hydrogens is 424 g/mol. The minimum atomic E-state index is -2.69. The lowest BCUT2D eigenvalue weighted by Crippen LogP contribution is -2.54. The first-order valence-corrected chi connectivity index (χ1v) is 17.0. The molecule has 0 aliphatic carbocycles. The summed E-state index contributed by atoms with van der Waals surface area (Å²) < 4.78 is 28.6. The highest BCUT2D eigenvalue weighted by atomic mass is 28.4. The molecule has 0 aromatic heterocycles. The number of rotatable bonds is 24. The molecule has 0 atom stereocenters. The summed E-state index contributed by atoms with van der Waals surface area (Å²) in [6.07, 6.45) is 22.0. The van der Waals surface area contributed by atoms with Crippen LogP contribution >= 0.6 is 0 Å². The average molecular weight is 479 g/mol. The summed E-state index contributed by atoms with van der Waals surface area (Å²) in [7, 11) is 3.40. The second kappa shape index (κ2) is 20.8. The van der Waals surface area contributed by atoms with Gasteiger partial charge in [0.2, 0.25) is 0 Å². The maximum absolute atomic E-state index is 5.88. The Morgan fingerprint density at radius 2 is 0.742 bits per heavy atom. The van der Waals surface area contributed by atoms with Crippen LogP contribution in [0.3, 0.4) is 0 Å². The summed E-state index contributed by atoms with van der Waals surface area (Å²) in [6.45, 7) is 2.29. The van der Waals surface area contributed by atoms with Gasteiger partial charge < -0.3 is 22.1 Å². The van der Waals surface area contributed by atoms with Crippen molar-refractivity contribution in [1.29, 1.82) is 0 Å². The molecule has 0 heterocycles. The third kappa shape index (κ3) is 14.9. The maximum Gasteiger partial charge on any atom is 0.502 e. The summed E-state index contributed by atoms with van der Waals surface area (Å²) in [5.74, 6) is 0. The summed E-state index contributed by atoms with van der Waals surface area (Å²) in [5.41, 5.74) is 0.634. The highest BCUT2D eigenvalue weighted by Gasteiger charge is 2.51. The molecule has 0 aromatic carbocycles. The van der Waals surface area contributed by atoms with Crippen molar-refractivity contribution in [2.45, 2.75) is 121 Å². The monoisotopic (exact) mass is 478 g/mol. The predicted molar refractivity (Wildman–Crippen MR) is 136 cm³/mol. The quantitative estimate of drug-likeness (QED) is 0.107. The lowest BCUT2D eigenvalue weighted by molar-refractivity contribution is 0.122. The Bertz CT molecular complexity index is 369. The SMILES string of the molecule is CCCCCCCCCCCCCCCCCC[Si](C[Si](OC)(OC)OC)(OC)OC. The van der Waals surface area contributed by atoms with Crippen LogP contribution < -0.4 is 0 Å². The summed E-state index contributed by atoms with van der Waals surface area (Å²) in [4.78, 5) is 0. The molecule has 7 heteroatoms. The van der Waals surface area contributed by atoms with E-state index in [1.54, 1.807) is 35.5 Å². The van der Waals surface area contributed by atoms with E-state index in [2.05, 4.69) is 6.92 Å². The van der Waals surface area contributed by atoms with Crippen LogP contribution in [0.2, 0.25) is 11.7 Å². The molecule has 0 aromatic rings. The van der Waals surface area contributed by atoms with Crippen molar-refractivity contribution >= 4 is 17.4 Å². The molecule has 31 heavy (non-hydrogen) atoms. The van der Waals surface area contributed by atoms with Crippen LogP contribution in [0.1, 0.15) is 110 Å². The lowest BCUT2D eigenvalue weighted by Gasteiger charge is -2.34. The maximum atomic E-state index is 5.88. The first kappa shape index (κ1) is 31.2.